The summed E-state index contributed by atoms with van der Waals surface area (Å²) in [6.45, 7) is 2.94. The second kappa shape index (κ2) is 7.41. The Morgan fingerprint density at radius 3 is 2.29 bits per heavy atom. The number of amides is 3. The van der Waals surface area contributed by atoms with Crippen molar-refractivity contribution in [2.45, 2.75) is 13.1 Å². The van der Waals surface area contributed by atoms with Gasteiger partial charge in [0.05, 0.1) is 17.9 Å². The van der Waals surface area contributed by atoms with E-state index in [1.165, 1.54) is 28.0 Å². The molecule has 6 nitrogen and oxygen atoms in total. The van der Waals surface area contributed by atoms with Gasteiger partial charge in [-0.25, -0.2) is 9.59 Å². The zero-order valence-corrected chi connectivity index (χ0v) is 13.1. The van der Waals surface area contributed by atoms with Gasteiger partial charge in [-0.05, 0) is 19.1 Å². The fourth-order valence-corrected chi connectivity index (χ4v) is 2.34. The number of carbonyl (C=O) groups excluding carboxylic acids is 2. The van der Waals surface area contributed by atoms with Crippen molar-refractivity contribution in [2.75, 3.05) is 38.1 Å². The lowest BCUT2D eigenvalue weighted by molar-refractivity contribution is -0.136. The van der Waals surface area contributed by atoms with Crippen molar-refractivity contribution in [3.63, 3.8) is 0 Å². The highest BCUT2D eigenvalue weighted by Crippen LogP contribution is 2.34. The third-order valence-electron chi connectivity index (χ3n) is 3.57. The van der Waals surface area contributed by atoms with Crippen LogP contribution >= 0.6 is 0 Å². The maximum Gasteiger partial charge on any atom is 0.418 e. The van der Waals surface area contributed by atoms with Gasteiger partial charge in [0.2, 0.25) is 0 Å². The van der Waals surface area contributed by atoms with Gasteiger partial charge >= 0.3 is 18.3 Å². The molecule has 9 heteroatoms. The van der Waals surface area contributed by atoms with Crippen LogP contribution in [0.15, 0.2) is 24.3 Å². The zero-order chi connectivity index (χ0) is 17.7. The molecule has 1 aromatic carbocycles. The zero-order valence-electron chi connectivity index (χ0n) is 13.1. The van der Waals surface area contributed by atoms with Crippen LogP contribution in [0.25, 0.3) is 0 Å². The van der Waals surface area contributed by atoms with Gasteiger partial charge in [0.25, 0.3) is 0 Å². The molecule has 0 aliphatic carbocycles. The SMILES string of the molecule is CCOC(=O)N1CCN(C(=O)Nc2ccccc2C(F)(F)F)CC1. The number of piperazine rings is 1. The third-order valence-corrected chi connectivity index (χ3v) is 3.57. The number of para-hydroxylation sites is 1. The standard InChI is InChI=1S/C15H18F3N3O3/c1-2-24-14(23)21-9-7-20(8-10-21)13(22)19-12-6-4-3-5-11(12)15(16,17)18/h3-6H,2,7-10H2,1H3,(H,19,22). The van der Waals surface area contributed by atoms with Gasteiger partial charge in [-0.15, -0.1) is 0 Å². The number of anilines is 1. The predicted molar refractivity (Wildman–Crippen MR) is 80.6 cm³/mol. The van der Waals surface area contributed by atoms with Crippen LogP contribution in [0, 0.1) is 0 Å². The van der Waals surface area contributed by atoms with Crippen LogP contribution in [0.4, 0.5) is 28.4 Å². The topological polar surface area (TPSA) is 61.9 Å². The van der Waals surface area contributed by atoms with Gasteiger partial charge in [-0.1, -0.05) is 12.1 Å². The molecule has 0 spiro atoms. The minimum Gasteiger partial charge on any atom is -0.450 e. The van der Waals surface area contributed by atoms with Crippen LogP contribution in [0.5, 0.6) is 0 Å². The molecule has 0 bridgehead atoms. The Balaban J connectivity index is 1.97. The average Bonchev–Trinajstić information content (AvgIpc) is 2.54. The number of nitrogens with one attached hydrogen (secondary N) is 1. The number of benzene rings is 1. The van der Waals surface area contributed by atoms with E-state index in [2.05, 4.69) is 5.32 Å². The number of rotatable bonds is 2. The molecule has 1 saturated heterocycles. The van der Waals surface area contributed by atoms with Crippen molar-refractivity contribution in [3.05, 3.63) is 29.8 Å². The van der Waals surface area contributed by atoms with Crippen LogP contribution in [0.2, 0.25) is 0 Å². The second-order valence-corrected chi connectivity index (χ2v) is 5.15. The normalized spacial score (nSPS) is 15.2. The maximum atomic E-state index is 12.9. The summed E-state index contributed by atoms with van der Waals surface area (Å²) in [5.74, 6) is 0. The highest BCUT2D eigenvalue weighted by Gasteiger charge is 2.34. The van der Waals surface area contributed by atoms with Crippen molar-refractivity contribution in [2.24, 2.45) is 0 Å². The quantitative estimate of drug-likeness (QED) is 0.896. The number of nitrogens with zero attached hydrogens (tertiary/aromatic N) is 2. The molecule has 132 valence electrons. The van der Waals surface area contributed by atoms with Gasteiger partial charge in [-0.3, -0.25) is 0 Å². The fraction of sp³-hybridized carbons (Fsp3) is 0.467. The predicted octanol–water partition coefficient (Wildman–Crippen LogP) is 3.01. The number of hydrogen-bond acceptors (Lipinski definition) is 3. The molecule has 1 fully saturated rings. The van der Waals surface area contributed by atoms with Crippen LogP contribution in [0.1, 0.15) is 12.5 Å². The Morgan fingerprint density at radius 1 is 1.12 bits per heavy atom. The summed E-state index contributed by atoms with van der Waals surface area (Å²) in [6, 6.07) is 4.17. The number of ether oxygens (including phenoxy) is 1. The minimum absolute atomic E-state index is 0.221. The van der Waals surface area contributed by atoms with E-state index in [1.54, 1.807) is 6.92 Å². The molecular weight excluding hydrogens is 327 g/mol. The Hall–Kier alpha value is -2.45. The van der Waals surface area contributed by atoms with E-state index in [9.17, 15) is 22.8 Å². The van der Waals surface area contributed by atoms with Crippen molar-refractivity contribution in [3.8, 4) is 0 Å². The molecule has 1 N–H and O–H groups in total. The molecule has 0 radical (unpaired) electrons. The number of hydrogen-bond donors (Lipinski definition) is 1. The number of alkyl halides is 3. The molecule has 2 rings (SSSR count). The van der Waals surface area contributed by atoms with E-state index in [0.29, 0.717) is 0 Å². The Bertz CT molecular complexity index is 599. The summed E-state index contributed by atoms with van der Waals surface area (Å²) in [5, 5.41) is 2.29. The summed E-state index contributed by atoms with van der Waals surface area (Å²) < 4.78 is 43.7. The number of carbonyl (C=O) groups is 2. The lowest BCUT2D eigenvalue weighted by atomic mass is 10.1. The Labute approximate surface area is 137 Å². The van der Waals surface area contributed by atoms with Crippen LogP contribution in [-0.2, 0) is 10.9 Å². The first-order valence-corrected chi connectivity index (χ1v) is 7.46. The fourth-order valence-electron chi connectivity index (χ4n) is 2.34. The van der Waals surface area contributed by atoms with Crippen molar-refractivity contribution < 1.29 is 27.5 Å². The highest BCUT2D eigenvalue weighted by atomic mass is 19.4. The summed E-state index contributed by atoms with van der Waals surface area (Å²) in [4.78, 5) is 26.6. The molecule has 0 saturated carbocycles. The second-order valence-electron chi connectivity index (χ2n) is 5.15. The lowest BCUT2D eigenvalue weighted by Gasteiger charge is -2.34. The average molecular weight is 345 g/mol. The molecule has 24 heavy (non-hydrogen) atoms. The summed E-state index contributed by atoms with van der Waals surface area (Å²) in [7, 11) is 0. The van der Waals surface area contributed by atoms with Gasteiger partial charge in [0.1, 0.15) is 0 Å². The van der Waals surface area contributed by atoms with E-state index >= 15 is 0 Å². The highest BCUT2D eigenvalue weighted by molar-refractivity contribution is 5.90. The lowest BCUT2D eigenvalue weighted by Crippen LogP contribution is -2.51. The summed E-state index contributed by atoms with van der Waals surface area (Å²) in [6.07, 6.45) is -5.01. The molecule has 0 atom stereocenters. The van der Waals surface area contributed by atoms with E-state index < -0.39 is 23.9 Å². The maximum absolute atomic E-state index is 12.9. The van der Waals surface area contributed by atoms with Crippen LogP contribution in [0.3, 0.4) is 0 Å². The first kappa shape index (κ1) is 17.9. The van der Waals surface area contributed by atoms with Crippen LogP contribution in [-0.4, -0.2) is 54.7 Å². The largest absolute Gasteiger partial charge is 0.450 e. The molecule has 0 unspecified atom stereocenters. The van der Waals surface area contributed by atoms with Gasteiger partial charge in [-0.2, -0.15) is 13.2 Å². The van der Waals surface area contributed by atoms with E-state index in [4.69, 9.17) is 4.74 Å². The Morgan fingerprint density at radius 2 is 1.71 bits per heavy atom. The number of halogens is 3. The molecule has 0 aromatic heterocycles. The van der Waals surface area contributed by atoms with Crippen molar-refractivity contribution >= 4 is 17.8 Å². The minimum atomic E-state index is -4.55. The smallest absolute Gasteiger partial charge is 0.418 e. The molecule has 1 heterocycles. The Kier molecular flexibility index (Phi) is 5.53. The molecule has 1 aliphatic heterocycles. The van der Waals surface area contributed by atoms with E-state index in [1.807, 2.05) is 0 Å². The first-order chi connectivity index (χ1) is 11.3. The molecule has 1 aliphatic rings. The van der Waals surface area contributed by atoms with Gasteiger partial charge < -0.3 is 19.9 Å². The summed E-state index contributed by atoms with van der Waals surface area (Å²) in [5.41, 5.74) is -1.19. The monoisotopic (exact) mass is 345 g/mol. The first-order valence-electron chi connectivity index (χ1n) is 7.46. The molecule has 1 aromatic rings. The van der Waals surface area contributed by atoms with Gasteiger partial charge in [0.15, 0.2) is 0 Å². The van der Waals surface area contributed by atoms with E-state index in [-0.39, 0.29) is 38.5 Å². The summed E-state index contributed by atoms with van der Waals surface area (Å²) >= 11 is 0. The van der Waals surface area contributed by atoms with Crippen LogP contribution < -0.4 is 5.32 Å². The third kappa shape index (κ3) is 4.30. The molecule has 3 amide bonds. The van der Waals surface area contributed by atoms with Crippen molar-refractivity contribution in [1.29, 1.82) is 0 Å². The number of urea groups is 1. The van der Waals surface area contributed by atoms with Crippen molar-refractivity contribution in [1.82, 2.24) is 9.80 Å². The van der Waals surface area contributed by atoms with E-state index in [0.717, 1.165) is 6.07 Å². The molecular formula is C15H18F3N3O3. The van der Waals surface area contributed by atoms with Gasteiger partial charge in [0, 0.05) is 26.2 Å².